The van der Waals surface area contributed by atoms with Gasteiger partial charge in [0.25, 0.3) is 0 Å². The number of rotatable bonds is 22. The smallest absolute Gasteiger partial charge is 0.347 e. The van der Waals surface area contributed by atoms with Crippen LogP contribution in [0.4, 0.5) is 0 Å². The second kappa shape index (κ2) is 24.6. The number of ether oxygens (including phenoxy) is 4. The van der Waals surface area contributed by atoms with Crippen LogP contribution in [0.2, 0.25) is 0 Å². The number of carboxylic acids is 12. The Morgan fingerprint density at radius 2 is 0.700 bits per heavy atom. The molecule has 0 amide bonds. The van der Waals surface area contributed by atoms with Crippen LogP contribution in [0.15, 0.2) is 59.9 Å². The largest absolute Gasteiger partial charge is 0.478 e. The number of aliphatic imine (C=N–C) groups is 1. The molecule has 90 heavy (non-hydrogen) atoms. The van der Waals surface area contributed by atoms with Crippen molar-refractivity contribution in [2.75, 3.05) is 0 Å². The van der Waals surface area contributed by atoms with E-state index in [9.17, 15) is 143 Å². The third kappa shape index (κ3) is 11.3. The summed E-state index contributed by atoms with van der Waals surface area (Å²) < 4.78 is 20.4. The van der Waals surface area contributed by atoms with E-state index in [0.717, 1.165) is 35.3 Å². The van der Waals surface area contributed by atoms with E-state index in [1.165, 1.54) is 36.4 Å². The zero-order valence-corrected chi connectivity index (χ0v) is 43.5. The molecule has 12 N–H and O–H groups in total. The van der Waals surface area contributed by atoms with Crippen LogP contribution in [0.25, 0.3) is 11.4 Å². The van der Waals surface area contributed by atoms with Gasteiger partial charge in [-0.2, -0.15) is 5.26 Å². The molecule has 2 unspecified atom stereocenters. The van der Waals surface area contributed by atoms with Gasteiger partial charge in [-0.05, 0) is 13.0 Å². The molecule has 5 aromatic rings. The molecule has 0 radical (unpaired) electrons. The van der Waals surface area contributed by atoms with Crippen molar-refractivity contribution >= 4 is 114 Å². The van der Waals surface area contributed by atoms with E-state index in [2.05, 4.69) is 19.5 Å². The van der Waals surface area contributed by atoms with Gasteiger partial charge in [0.1, 0.15) is 11.9 Å². The van der Waals surface area contributed by atoms with E-state index in [1.54, 1.807) is 0 Å². The predicted octanol–water partition coefficient (Wildman–Crippen LogP) is 2.10. The molecule has 458 valence electrons. The number of hydrogen-bond donors (Lipinski definition) is 12. The summed E-state index contributed by atoms with van der Waals surface area (Å²) in [6.45, 7) is 0.675. The molecule has 0 aliphatic carbocycles. The molecule has 38 nitrogen and oxygen atoms in total. The van der Waals surface area contributed by atoms with Gasteiger partial charge in [0.2, 0.25) is 0 Å². The van der Waals surface area contributed by atoms with Crippen molar-refractivity contribution in [3.63, 3.8) is 0 Å². The first-order valence-corrected chi connectivity index (χ1v) is 23.2. The Labute approximate surface area is 490 Å². The maximum atomic E-state index is 15.4. The SMILES string of the molecule is CC(C#N)OC(=O)c1c(C(=O)O)c(C(=O)O)c(C(=O)OC(=O)c2c(C(=O)O)c(C(=O)O)c(C(=O)O)c(C(=O)O)c2C(=O)O)c(C(=O)OC(=O)c2c(C(=O)O)c(C(=O)O)c(C(=O)O)c(C(=O)O)c2C(=O)O)c1C(=O)OC1(n2ccnc2-c2ccccc2)C=CC=N1. The molecule has 6 rings (SSSR count). The Bertz CT molecular complexity index is 4260. The lowest BCUT2D eigenvalue weighted by Gasteiger charge is -2.28. The van der Waals surface area contributed by atoms with Crippen molar-refractivity contribution < 1.29 is 167 Å². The molecular formula is C52H26N4O34. The summed E-state index contributed by atoms with van der Waals surface area (Å²) in [6, 6.07) is 8.36. The van der Waals surface area contributed by atoms with Crippen LogP contribution in [0.1, 0.15) is 193 Å². The minimum Gasteiger partial charge on any atom is -0.478 e. The van der Waals surface area contributed by atoms with E-state index in [1.807, 2.05) is 0 Å². The number of aromatic carboxylic acids is 12. The van der Waals surface area contributed by atoms with Gasteiger partial charge >= 0.3 is 113 Å². The number of imidazole rings is 1. The number of nitrogens with zero attached hydrogens (tertiary/aromatic N) is 4. The fourth-order valence-corrected chi connectivity index (χ4v) is 8.82. The van der Waals surface area contributed by atoms with E-state index in [-0.39, 0.29) is 11.4 Å². The lowest BCUT2D eigenvalue weighted by Crippen LogP contribution is -2.37. The summed E-state index contributed by atoms with van der Waals surface area (Å²) in [5.41, 5.74) is -43.2. The topological polar surface area (TPSA) is 641 Å². The first kappa shape index (κ1) is 65.0. The summed E-state index contributed by atoms with van der Waals surface area (Å²) in [5, 5.41) is 132. The maximum Gasteiger partial charge on any atom is 0.347 e. The molecule has 1 aliphatic heterocycles. The van der Waals surface area contributed by atoms with Gasteiger partial charge in [0.05, 0.1) is 100 Å². The van der Waals surface area contributed by atoms with E-state index < -0.39 is 220 Å². The standard InChI is InChI=1S/C52H26N4O34/c1-13(12-53)87-46(81)30-26(45(79)80)25(44(77)78)29(49(84)88-47(82)27-21(40(69)70)17(36(61)62)15(34(57)58)18(37(63)64)22(27)41(71)72)31(32(30)51(86)90-52(8-5-9-55-52)56-11-10-54-33(56)14-6-3-2-4-7-14)50(85)89-48(83)28-23(42(73)74)19(38(65)66)16(35(59)60)20(39(67)68)24(28)43(75)76/h2-11,13H,1H3,(H,57,58)(H,59,60)(H,61,62)(H,63,64)(H,65,66)(H,67,68)(H,69,70)(H,71,72)(H,73,74)(H,75,76)(H,77,78)(H,79,80). The van der Waals surface area contributed by atoms with E-state index >= 15 is 9.59 Å². The van der Waals surface area contributed by atoms with E-state index in [4.69, 9.17) is 9.47 Å². The summed E-state index contributed by atoms with van der Waals surface area (Å²) in [5.74, 6) is -55.2. The lowest BCUT2D eigenvalue weighted by molar-refractivity contribution is -0.0272. The van der Waals surface area contributed by atoms with Crippen molar-refractivity contribution in [1.82, 2.24) is 9.55 Å². The van der Waals surface area contributed by atoms with Crippen LogP contribution in [0.3, 0.4) is 0 Å². The quantitative estimate of drug-likeness (QED) is 0.0268. The van der Waals surface area contributed by atoms with Crippen molar-refractivity contribution in [2.24, 2.45) is 4.99 Å². The number of esters is 6. The second-order valence-corrected chi connectivity index (χ2v) is 17.1. The molecule has 38 heteroatoms. The van der Waals surface area contributed by atoms with Crippen molar-refractivity contribution in [3.05, 3.63) is 155 Å². The highest BCUT2D eigenvalue weighted by molar-refractivity contribution is 6.29. The Morgan fingerprint density at radius 3 is 0.989 bits per heavy atom. The summed E-state index contributed by atoms with van der Waals surface area (Å²) in [4.78, 5) is 251. The zero-order chi connectivity index (χ0) is 67.6. The Balaban J connectivity index is 1.89. The summed E-state index contributed by atoms with van der Waals surface area (Å²) in [6.07, 6.45) is 2.38. The molecule has 0 saturated heterocycles. The molecule has 2 heterocycles. The van der Waals surface area contributed by atoms with Crippen molar-refractivity contribution in [1.29, 1.82) is 5.26 Å². The minimum atomic E-state index is -3.21. The van der Waals surface area contributed by atoms with Crippen LogP contribution in [0, 0.1) is 11.3 Å². The molecule has 0 spiro atoms. The first-order valence-electron chi connectivity index (χ1n) is 23.2. The predicted molar refractivity (Wildman–Crippen MR) is 272 cm³/mol. The van der Waals surface area contributed by atoms with Gasteiger partial charge in [-0.25, -0.2) is 96.3 Å². The highest BCUT2D eigenvalue weighted by atomic mass is 16.6. The molecular weight excluding hydrogens is 1220 g/mol. The highest BCUT2D eigenvalue weighted by Crippen LogP contribution is 2.39. The summed E-state index contributed by atoms with van der Waals surface area (Å²) in [7, 11) is 0. The number of carboxylic acid groups (broad SMARTS) is 12. The van der Waals surface area contributed by atoms with Crippen molar-refractivity contribution in [3.8, 4) is 17.5 Å². The van der Waals surface area contributed by atoms with Gasteiger partial charge in [-0.1, -0.05) is 30.3 Å². The Morgan fingerprint density at radius 1 is 0.422 bits per heavy atom. The van der Waals surface area contributed by atoms with Crippen LogP contribution in [-0.2, 0) is 24.8 Å². The molecule has 2 atom stereocenters. The molecule has 1 aromatic heterocycles. The number of allylic oxidation sites excluding steroid dienone is 1. The van der Waals surface area contributed by atoms with E-state index in [0.29, 0.717) is 6.92 Å². The van der Waals surface area contributed by atoms with Gasteiger partial charge in [-0.15, -0.1) is 0 Å². The average Bonchev–Trinajstić information content (AvgIpc) is 0.827. The van der Waals surface area contributed by atoms with Crippen LogP contribution < -0.4 is 0 Å². The maximum absolute atomic E-state index is 15.4. The normalized spacial score (nSPS) is 13.1. The molecule has 0 bridgehead atoms. The summed E-state index contributed by atoms with van der Waals surface area (Å²) >= 11 is 0. The number of aromatic nitrogens is 2. The third-order valence-electron chi connectivity index (χ3n) is 12.0. The van der Waals surface area contributed by atoms with Crippen LogP contribution in [0.5, 0.6) is 0 Å². The van der Waals surface area contributed by atoms with Gasteiger partial charge in [0.15, 0.2) is 6.10 Å². The van der Waals surface area contributed by atoms with Crippen molar-refractivity contribution in [2.45, 2.75) is 18.9 Å². The number of carbonyl (C=O) groups excluding carboxylic acids is 6. The fraction of sp³-hybridized carbons (Fsp3) is 0.0577. The van der Waals surface area contributed by atoms with Crippen LogP contribution in [-0.4, -0.2) is 191 Å². The first-order chi connectivity index (χ1) is 42.0. The minimum absolute atomic E-state index is 0.121. The molecule has 4 aromatic carbocycles. The lowest BCUT2D eigenvalue weighted by atomic mass is 9.85. The monoisotopic (exact) mass is 1250 g/mol. The van der Waals surface area contributed by atoms with Gasteiger partial charge < -0.3 is 80.2 Å². The highest BCUT2D eigenvalue weighted by Gasteiger charge is 2.49. The number of nitriles is 1. The second-order valence-electron chi connectivity index (χ2n) is 17.1. The number of benzene rings is 4. The number of carbonyl (C=O) groups is 18. The number of hydrogen-bond acceptors (Lipinski definition) is 25. The molecule has 0 saturated carbocycles. The Kier molecular flexibility index (Phi) is 17.8. The third-order valence-corrected chi connectivity index (χ3v) is 12.0. The average molecular weight is 1250 g/mol. The van der Waals surface area contributed by atoms with Gasteiger partial charge in [-0.3, -0.25) is 4.57 Å². The molecule has 0 fully saturated rings. The zero-order valence-electron chi connectivity index (χ0n) is 43.5. The Hall–Kier alpha value is -14.2. The molecule has 1 aliphatic rings. The fourth-order valence-electron chi connectivity index (χ4n) is 8.82. The van der Waals surface area contributed by atoms with Crippen LogP contribution >= 0.6 is 0 Å². The van der Waals surface area contributed by atoms with Gasteiger partial charge in [0, 0.05) is 30.2 Å².